The van der Waals surface area contributed by atoms with Crippen LogP contribution in [0.3, 0.4) is 0 Å². The van der Waals surface area contributed by atoms with Crippen LogP contribution in [0.15, 0.2) is 16.9 Å². The van der Waals surface area contributed by atoms with Crippen LogP contribution in [0, 0.1) is 11.3 Å². The molecular weight excluding hydrogens is 358 g/mol. The van der Waals surface area contributed by atoms with E-state index in [4.69, 9.17) is 4.74 Å². The van der Waals surface area contributed by atoms with Gasteiger partial charge in [0.25, 0.3) is 5.56 Å². The van der Waals surface area contributed by atoms with Crippen LogP contribution in [0.1, 0.15) is 51.6 Å². The third kappa shape index (κ3) is 4.63. The lowest BCUT2D eigenvalue weighted by atomic mass is 9.82. The monoisotopic (exact) mass is 389 g/mol. The second kappa shape index (κ2) is 8.07. The molecule has 1 N–H and O–H groups in total. The van der Waals surface area contributed by atoms with E-state index >= 15 is 0 Å². The summed E-state index contributed by atoms with van der Waals surface area (Å²) in [4.78, 5) is 39.5. The Morgan fingerprint density at radius 3 is 2.64 bits per heavy atom. The summed E-state index contributed by atoms with van der Waals surface area (Å²) >= 11 is 0. The topological polar surface area (TPSA) is 80.6 Å². The summed E-state index contributed by atoms with van der Waals surface area (Å²) < 4.78 is 6.69. The number of ether oxygens (including phenoxy) is 1. The number of carbonyl (C=O) groups is 2. The van der Waals surface area contributed by atoms with E-state index in [1.165, 1.54) is 7.11 Å². The fourth-order valence-corrected chi connectivity index (χ4v) is 4.22. The highest BCUT2D eigenvalue weighted by molar-refractivity contribution is 5.90. The molecule has 0 spiro atoms. The predicted molar refractivity (Wildman–Crippen MR) is 107 cm³/mol. The Kier molecular flexibility index (Phi) is 5.93. The fourth-order valence-electron chi connectivity index (χ4n) is 4.22. The third-order valence-corrected chi connectivity index (χ3v) is 5.45. The average molecular weight is 389 g/mol. The average Bonchev–Trinajstić information content (AvgIpc) is 2.61. The molecule has 1 saturated heterocycles. The third-order valence-electron chi connectivity index (χ3n) is 5.45. The normalized spacial score (nSPS) is 21.2. The molecule has 7 nitrogen and oxygen atoms in total. The molecule has 2 bridgehead atoms. The first-order valence-corrected chi connectivity index (χ1v) is 9.98. The largest absolute Gasteiger partial charge is 0.384 e. The lowest BCUT2D eigenvalue weighted by Gasteiger charge is -2.43. The van der Waals surface area contributed by atoms with Gasteiger partial charge in [-0.25, -0.2) is 0 Å². The Morgan fingerprint density at radius 1 is 1.21 bits per heavy atom. The Morgan fingerprint density at radius 2 is 1.96 bits per heavy atom. The van der Waals surface area contributed by atoms with Gasteiger partial charge in [0.1, 0.15) is 5.69 Å². The first kappa shape index (κ1) is 20.6. The standard InChI is InChI=1S/C21H31N3O4/c1-21(2,3)10-19(26)23-11-14-9-15(13-23)17-6-5-16(20(27)24(17)12-14)22-18(25)7-8-28-4/h5-6,14-15H,7-13H2,1-4H3,(H,22,25). The van der Waals surface area contributed by atoms with E-state index in [0.29, 0.717) is 38.3 Å². The first-order valence-electron chi connectivity index (χ1n) is 9.98. The number of piperidine rings is 1. The minimum absolute atomic E-state index is 0.0333. The number of pyridine rings is 1. The highest BCUT2D eigenvalue weighted by atomic mass is 16.5. The number of hydrogen-bond acceptors (Lipinski definition) is 4. The van der Waals surface area contributed by atoms with Gasteiger partial charge in [-0.15, -0.1) is 0 Å². The molecule has 0 aromatic carbocycles. The Balaban J connectivity index is 1.77. The number of hydrogen-bond donors (Lipinski definition) is 1. The molecule has 1 aromatic heterocycles. The lowest BCUT2D eigenvalue weighted by Crippen LogP contribution is -2.49. The minimum atomic E-state index is -0.227. The van der Waals surface area contributed by atoms with E-state index in [0.717, 1.165) is 12.1 Å². The number of fused-ring (bicyclic) bond motifs is 4. The zero-order valence-corrected chi connectivity index (χ0v) is 17.3. The van der Waals surface area contributed by atoms with Crippen molar-refractivity contribution in [2.24, 2.45) is 11.3 Å². The summed E-state index contributed by atoms with van der Waals surface area (Å²) in [5.74, 6) is 0.407. The zero-order chi connectivity index (χ0) is 20.5. The van der Waals surface area contributed by atoms with Gasteiger partial charge in [0, 0.05) is 44.8 Å². The predicted octanol–water partition coefficient (Wildman–Crippen LogP) is 2.21. The van der Waals surface area contributed by atoms with Crippen LogP contribution >= 0.6 is 0 Å². The quantitative estimate of drug-likeness (QED) is 0.837. The molecule has 2 unspecified atom stereocenters. The van der Waals surface area contributed by atoms with Crippen LogP contribution in [0.4, 0.5) is 5.69 Å². The van der Waals surface area contributed by atoms with E-state index in [-0.39, 0.29) is 41.0 Å². The smallest absolute Gasteiger partial charge is 0.274 e. The number of rotatable bonds is 5. The molecule has 1 fully saturated rings. The SMILES string of the molecule is COCCC(=O)Nc1ccc2n(c1=O)CC1CC2CN(C(=O)CC(C)(C)C)C1. The minimum Gasteiger partial charge on any atom is -0.384 e. The van der Waals surface area contributed by atoms with E-state index in [2.05, 4.69) is 26.1 Å². The maximum absolute atomic E-state index is 12.9. The van der Waals surface area contributed by atoms with E-state index in [1.807, 2.05) is 11.0 Å². The Hall–Kier alpha value is -2.15. The summed E-state index contributed by atoms with van der Waals surface area (Å²) in [7, 11) is 1.54. The highest BCUT2D eigenvalue weighted by Gasteiger charge is 2.37. The van der Waals surface area contributed by atoms with Gasteiger partial charge in [0.05, 0.1) is 13.0 Å². The zero-order valence-electron chi connectivity index (χ0n) is 17.3. The van der Waals surface area contributed by atoms with Crippen LogP contribution < -0.4 is 10.9 Å². The van der Waals surface area contributed by atoms with Crippen LogP contribution in [0.25, 0.3) is 0 Å². The first-order chi connectivity index (χ1) is 13.2. The van der Waals surface area contributed by atoms with Crippen molar-refractivity contribution in [1.82, 2.24) is 9.47 Å². The van der Waals surface area contributed by atoms with Crippen LogP contribution in [-0.4, -0.2) is 48.1 Å². The molecule has 2 aliphatic rings. The van der Waals surface area contributed by atoms with Crippen molar-refractivity contribution in [1.29, 1.82) is 0 Å². The van der Waals surface area contributed by atoms with E-state index in [1.54, 1.807) is 10.6 Å². The van der Waals surface area contributed by atoms with Crippen molar-refractivity contribution in [3.8, 4) is 0 Å². The summed E-state index contributed by atoms with van der Waals surface area (Å²) in [6.07, 6.45) is 1.75. The molecule has 2 atom stereocenters. The molecule has 154 valence electrons. The van der Waals surface area contributed by atoms with Crippen LogP contribution in [0.5, 0.6) is 0 Å². The van der Waals surface area contributed by atoms with Crippen molar-refractivity contribution in [2.45, 2.75) is 52.5 Å². The summed E-state index contributed by atoms with van der Waals surface area (Å²) in [6, 6.07) is 3.61. The van der Waals surface area contributed by atoms with Gasteiger partial charge in [-0.1, -0.05) is 20.8 Å². The van der Waals surface area contributed by atoms with Gasteiger partial charge in [0.2, 0.25) is 11.8 Å². The van der Waals surface area contributed by atoms with Gasteiger partial charge in [0.15, 0.2) is 0 Å². The van der Waals surface area contributed by atoms with Crippen LogP contribution in [0.2, 0.25) is 0 Å². The number of carbonyl (C=O) groups excluding carboxylic acids is 2. The van der Waals surface area contributed by atoms with Gasteiger partial charge < -0.3 is 19.5 Å². The van der Waals surface area contributed by atoms with Crippen LogP contribution in [-0.2, 0) is 20.9 Å². The van der Waals surface area contributed by atoms with Crippen molar-refractivity contribution < 1.29 is 14.3 Å². The van der Waals surface area contributed by atoms with Gasteiger partial charge in [-0.2, -0.15) is 0 Å². The maximum atomic E-state index is 12.9. The molecule has 3 heterocycles. The number of amides is 2. The maximum Gasteiger partial charge on any atom is 0.274 e. The molecule has 3 rings (SSSR count). The number of anilines is 1. The molecule has 0 aliphatic carbocycles. The fraction of sp³-hybridized carbons (Fsp3) is 0.667. The van der Waals surface area contributed by atoms with Crippen molar-refractivity contribution in [3.63, 3.8) is 0 Å². The molecule has 0 saturated carbocycles. The molecule has 28 heavy (non-hydrogen) atoms. The summed E-state index contributed by atoms with van der Waals surface area (Å²) in [5, 5.41) is 2.70. The number of aromatic nitrogens is 1. The van der Waals surface area contributed by atoms with Gasteiger partial charge >= 0.3 is 0 Å². The van der Waals surface area contributed by atoms with Crippen molar-refractivity contribution >= 4 is 17.5 Å². The van der Waals surface area contributed by atoms with Crippen molar-refractivity contribution in [3.05, 3.63) is 28.2 Å². The summed E-state index contributed by atoms with van der Waals surface area (Å²) in [6.45, 7) is 8.49. The lowest BCUT2D eigenvalue weighted by molar-refractivity contribution is -0.135. The number of likely N-dealkylation sites (tertiary alicyclic amines) is 1. The number of methoxy groups -OCH3 is 1. The molecule has 1 aromatic rings. The molecular formula is C21H31N3O4. The molecule has 7 heteroatoms. The van der Waals surface area contributed by atoms with Gasteiger partial charge in [-0.3, -0.25) is 14.4 Å². The number of nitrogens with one attached hydrogen (secondary N) is 1. The van der Waals surface area contributed by atoms with E-state index < -0.39 is 0 Å². The molecule has 0 radical (unpaired) electrons. The molecule has 2 amide bonds. The van der Waals surface area contributed by atoms with Gasteiger partial charge in [-0.05, 0) is 29.9 Å². The van der Waals surface area contributed by atoms with Crippen molar-refractivity contribution in [2.75, 3.05) is 32.1 Å². The molecule has 2 aliphatic heterocycles. The second-order valence-corrected chi connectivity index (χ2v) is 9.21. The number of nitrogens with zero attached hydrogens (tertiary/aromatic N) is 2. The summed E-state index contributed by atoms with van der Waals surface area (Å²) in [5.41, 5.74) is 1.08. The van der Waals surface area contributed by atoms with E-state index in [9.17, 15) is 14.4 Å². The Bertz CT molecular complexity index is 809. The highest BCUT2D eigenvalue weighted by Crippen LogP contribution is 2.36. The second-order valence-electron chi connectivity index (χ2n) is 9.21. The Labute approximate surface area is 166 Å².